The number of aromatic nitrogens is 2. The van der Waals surface area contributed by atoms with E-state index in [1.807, 2.05) is 12.5 Å². The number of benzene rings is 1. The SMILES string of the molecule is O=[N+]([O-])c1ccc(Cn2cncc2[C@@H]2CCCN2)cc1. The topological polar surface area (TPSA) is 73.0 Å². The Kier molecular flexibility index (Phi) is 3.47. The van der Waals surface area contributed by atoms with Gasteiger partial charge in [0.25, 0.3) is 5.69 Å². The second kappa shape index (κ2) is 5.42. The van der Waals surface area contributed by atoms with Crippen LogP contribution in [0.2, 0.25) is 0 Å². The Bertz CT molecular complexity index is 600. The molecule has 1 aromatic heterocycles. The minimum Gasteiger partial charge on any atom is -0.329 e. The van der Waals surface area contributed by atoms with E-state index in [0.29, 0.717) is 12.6 Å². The van der Waals surface area contributed by atoms with Crippen molar-refractivity contribution < 1.29 is 4.92 Å². The maximum Gasteiger partial charge on any atom is 0.269 e. The molecule has 0 spiro atoms. The highest BCUT2D eigenvalue weighted by molar-refractivity contribution is 5.33. The van der Waals surface area contributed by atoms with Gasteiger partial charge in [-0.2, -0.15) is 0 Å². The van der Waals surface area contributed by atoms with Gasteiger partial charge in [-0.1, -0.05) is 12.1 Å². The average molecular weight is 272 g/mol. The van der Waals surface area contributed by atoms with E-state index in [2.05, 4.69) is 14.9 Å². The third-order valence-electron chi connectivity index (χ3n) is 3.66. The number of nitrogens with one attached hydrogen (secondary N) is 1. The molecule has 3 rings (SSSR count). The maximum atomic E-state index is 10.6. The summed E-state index contributed by atoms with van der Waals surface area (Å²) in [6.07, 6.45) is 6.03. The smallest absolute Gasteiger partial charge is 0.269 e. The van der Waals surface area contributed by atoms with Gasteiger partial charge in [-0.25, -0.2) is 4.98 Å². The fourth-order valence-electron chi connectivity index (χ4n) is 2.61. The van der Waals surface area contributed by atoms with E-state index in [1.54, 1.807) is 24.3 Å². The summed E-state index contributed by atoms with van der Waals surface area (Å²) in [6.45, 7) is 1.74. The lowest BCUT2D eigenvalue weighted by Gasteiger charge is -2.13. The first-order valence-corrected chi connectivity index (χ1v) is 6.71. The second-order valence-electron chi connectivity index (χ2n) is 5.02. The third-order valence-corrected chi connectivity index (χ3v) is 3.66. The zero-order chi connectivity index (χ0) is 13.9. The van der Waals surface area contributed by atoms with Gasteiger partial charge >= 0.3 is 0 Å². The molecule has 0 bridgehead atoms. The molecule has 1 N–H and O–H groups in total. The standard InChI is InChI=1S/C14H16N4O2/c19-18(20)12-5-3-11(4-6-12)9-17-10-15-8-14(17)13-2-1-7-16-13/h3-6,8,10,13,16H,1-2,7,9H2/t13-/m0/s1. The molecule has 0 saturated carbocycles. The normalized spacial score (nSPS) is 18.3. The molecule has 2 heterocycles. The molecule has 0 unspecified atom stereocenters. The summed E-state index contributed by atoms with van der Waals surface area (Å²) in [5, 5.41) is 14.1. The fourth-order valence-corrected chi connectivity index (χ4v) is 2.61. The van der Waals surface area contributed by atoms with Crippen LogP contribution in [0.25, 0.3) is 0 Å². The van der Waals surface area contributed by atoms with Gasteiger partial charge in [-0.3, -0.25) is 10.1 Å². The van der Waals surface area contributed by atoms with Crippen LogP contribution in [0.5, 0.6) is 0 Å². The molecule has 2 aromatic rings. The molecule has 0 amide bonds. The molecule has 20 heavy (non-hydrogen) atoms. The van der Waals surface area contributed by atoms with E-state index in [-0.39, 0.29) is 10.6 Å². The van der Waals surface area contributed by atoms with Crippen molar-refractivity contribution in [2.75, 3.05) is 6.54 Å². The molecule has 6 nitrogen and oxygen atoms in total. The van der Waals surface area contributed by atoms with Crippen LogP contribution < -0.4 is 5.32 Å². The Balaban J connectivity index is 1.77. The highest BCUT2D eigenvalue weighted by Gasteiger charge is 2.19. The maximum absolute atomic E-state index is 10.6. The van der Waals surface area contributed by atoms with E-state index in [4.69, 9.17) is 0 Å². The number of imidazole rings is 1. The first kappa shape index (κ1) is 12.8. The van der Waals surface area contributed by atoms with Crippen molar-refractivity contribution in [3.63, 3.8) is 0 Å². The van der Waals surface area contributed by atoms with Gasteiger partial charge in [0.1, 0.15) is 0 Å². The summed E-state index contributed by atoms with van der Waals surface area (Å²) in [6, 6.07) is 7.04. The Morgan fingerprint density at radius 3 is 2.85 bits per heavy atom. The third kappa shape index (κ3) is 2.55. The van der Waals surface area contributed by atoms with Gasteiger partial charge in [-0.05, 0) is 24.9 Å². The molecule has 1 aromatic carbocycles. The van der Waals surface area contributed by atoms with E-state index >= 15 is 0 Å². The molecule has 104 valence electrons. The van der Waals surface area contributed by atoms with Crippen molar-refractivity contribution in [3.8, 4) is 0 Å². The van der Waals surface area contributed by atoms with Gasteiger partial charge in [0.15, 0.2) is 0 Å². The van der Waals surface area contributed by atoms with Crippen molar-refractivity contribution in [3.05, 3.63) is 58.2 Å². The number of hydrogen-bond donors (Lipinski definition) is 1. The number of non-ortho nitro benzene ring substituents is 1. The minimum absolute atomic E-state index is 0.122. The number of nitro groups is 1. The van der Waals surface area contributed by atoms with E-state index < -0.39 is 0 Å². The lowest BCUT2D eigenvalue weighted by Crippen LogP contribution is -2.17. The number of nitro benzene ring substituents is 1. The van der Waals surface area contributed by atoms with Crippen molar-refractivity contribution in [1.82, 2.24) is 14.9 Å². The van der Waals surface area contributed by atoms with E-state index in [1.165, 1.54) is 12.1 Å². The summed E-state index contributed by atoms with van der Waals surface area (Å²) >= 11 is 0. The van der Waals surface area contributed by atoms with Crippen LogP contribution in [-0.2, 0) is 6.54 Å². The van der Waals surface area contributed by atoms with Gasteiger partial charge in [-0.15, -0.1) is 0 Å². The van der Waals surface area contributed by atoms with Crippen molar-refractivity contribution in [2.45, 2.75) is 25.4 Å². The molecule has 1 saturated heterocycles. The lowest BCUT2D eigenvalue weighted by atomic mass is 10.1. The van der Waals surface area contributed by atoms with Gasteiger partial charge < -0.3 is 9.88 Å². The molecule has 1 aliphatic rings. The number of rotatable bonds is 4. The summed E-state index contributed by atoms with van der Waals surface area (Å²) < 4.78 is 2.10. The molecular formula is C14H16N4O2. The van der Waals surface area contributed by atoms with Crippen molar-refractivity contribution in [2.24, 2.45) is 0 Å². The van der Waals surface area contributed by atoms with Crippen LogP contribution >= 0.6 is 0 Å². The van der Waals surface area contributed by atoms with Gasteiger partial charge in [0, 0.05) is 30.9 Å². The zero-order valence-corrected chi connectivity index (χ0v) is 11.0. The highest BCUT2D eigenvalue weighted by atomic mass is 16.6. The molecular weight excluding hydrogens is 256 g/mol. The number of nitrogens with zero attached hydrogens (tertiary/aromatic N) is 3. The van der Waals surface area contributed by atoms with Crippen LogP contribution in [-0.4, -0.2) is 21.0 Å². The summed E-state index contributed by atoms with van der Waals surface area (Å²) in [4.78, 5) is 14.5. The first-order chi connectivity index (χ1) is 9.74. The summed E-state index contributed by atoms with van der Waals surface area (Å²) in [7, 11) is 0. The van der Waals surface area contributed by atoms with Crippen molar-refractivity contribution in [1.29, 1.82) is 0 Å². The summed E-state index contributed by atoms with van der Waals surface area (Å²) in [5.74, 6) is 0. The van der Waals surface area contributed by atoms with Gasteiger partial charge in [0.05, 0.1) is 16.9 Å². The van der Waals surface area contributed by atoms with Gasteiger partial charge in [0.2, 0.25) is 0 Å². The Hall–Kier alpha value is -2.21. The quantitative estimate of drug-likeness (QED) is 0.684. The van der Waals surface area contributed by atoms with Crippen LogP contribution in [0.4, 0.5) is 5.69 Å². The Morgan fingerprint density at radius 2 is 2.20 bits per heavy atom. The van der Waals surface area contributed by atoms with Crippen LogP contribution in [0.3, 0.4) is 0 Å². The lowest BCUT2D eigenvalue weighted by molar-refractivity contribution is -0.384. The van der Waals surface area contributed by atoms with Crippen LogP contribution in [0.1, 0.15) is 30.1 Å². The largest absolute Gasteiger partial charge is 0.329 e. The predicted octanol–water partition coefficient (Wildman–Crippen LogP) is 2.26. The van der Waals surface area contributed by atoms with E-state index in [0.717, 1.165) is 18.5 Å². The average Bonchev–Trinajstić information content (AvgIpc) is 3.09. The molecule has 1 aliphatic heterocycles. The van der Waals surface area contributed by atoms with E-state index in [9.17, 15) is 10.1 Å². The Morgan fingerprint density at radius 1 is 1.40 bits per heavy atom. The van der Waals surface area contributed by atoms with Crippen LogP contribution in [0.15, 0.2) is 36.8 Å². The molecule has 1 fully saturated rings. The molecule has 0 radical (unpaired) electrons. The monoisotopic (exact) mass is 272 g/mol. The van der Waals surface area contributed by atoms with Crippen LogP contribution in [0, 0.1) is 10.1 Å². The fraction of sp³-hybridized carbons (Fsp3) is 0.357. The predicted molar refractivity (Wildman–Crippen MR) is 74.4 cm³/mol. The molecule has 0 aliphatic carbocycles. The Labute approximate surface area is 116 Å². The first-order valence-electron chi connectivity index (χ1n) is 6.71. The highest BCUT2D eigenvalue weighted by Crippen LogP contribution is 2.23. The summed E-state index contributed by atoms with van der Waals surface area (Å²) in [5.41, 5.74) is 2.34. The number of hydrogen-bond acceptors (Lipinski definition) is 4. The second-order valence-corrected chi connectivity index (χ2v) is 5.02. The zero-order valence-electron chi connectivity index (χ0n) is 11.0. The minimum atomic E-state index is -0.380. The molecule has 6 heteroatoms. The van der Waals surface area contributed by atoms with Crippen molar-refractivity contribution >= 4 is 5.69 Å². The molecule has 1 atom stereocenters.